The van der Waals surface area contributed by atoms with Gasteiger partial charge in [-0.2, -0.15) is 0 Å². The van der Waals surface area contributed by atoms with E-state index in [0.29, 0.717) is 0 Å². The van der Waals surface area contributed by atoms with Gasteiger partial charge in [-0.05, 0) is 36.8 Å². The first-order chi connectivity index (χ1) is 7.36. The lowest BCUT2D eigenvalue weighted by atomic mass is 10.1. The van der Waals surface area contributed by atoms with Gasteiger partial charge in [0.1, 0.15) is 6.29 Å². The number of benzene rings is 1. The summed E-state index contributed by atoms with van der Waals surface area (Å²) in [5.41, 5.74) is 3.50. The first kappa shape index (κ1) is 8.96. The molecule has 1 aromatic rings. The highest BCUT2D eigenvalue weighted by atomic mass is 16.1. The quantitative estimate of drug-likeness (QED) is 0.699. The van der Waals surface area contributed by atoms with Gasteiger partial charge in [0.2, 0.25) is 0 Å². The van der Waals surface area contributed by atoms with E-state index in [0.717, 1.165) is 30.7 Å². The van der Waals surface area contributed by atoms with E-state index >= 15 is 0 Å². The van der Waals surface area contributed by atoms with Crippen molar-refractivity contribution in [2.75, 3.05) is 18.0 Å². The normalized spacial score (nSPS) is 19.1. The fraction of sp³-hybridized carbons (Fsp3) is 0.462. The van der Waals surface area contributed by atoms with Gasteiger partial charge in [-0.25, -0.2) is 0 Å². The minimum absolute atomic E-state index is 0.802. The molecule has 0 N–H and O–H groups in total. The van der Waals surface area contributed by atoms with Crippen LogP contribution in [-0.2, 0) is 6.42 Å². The summed E-state index contributed by atoms with van der Waals surface area (Å²) in [6.45, 7) is 2.32. The highest BCUT2D eigenvalue weighted by Crippen LogP contribution is 2.35. The molecule has 2 nitrogen and oxygen atoms in total. The summed E-state index contributed by atoms with van der Waals surface area (Å²) in [5.74, 6) is 0.913. The molecule has 0 bridgehead atoms. The molecule has 0 radical (unpaired) electrons. The number of carbonyl (C=O) groups is 1. The molecular formula is C13H15NO. The maximum Gasteiger partial charge on any atom is 0.150 e. The Morgan fingerprint density at radius 1 is 1.40 bits per heavy atom. The molecule has 2 aliphatic rings. The molecule has 78 valence electrons. The predicted octanol–water partition coefficient (Wildman–Crippen LogP) is 2.27. The molecule has 0 spiro atoms. The Morgan fingerprint density at radius 3 is 3.00 bits per heavy atom. The maximum absolute atomic E-state index is 10.7. The zero-order chi connectivity index (χ0) is 10.3. The van der Waals surface area contributed by atoms with Gasteiger partial charge in [0.05, 0.1) is 0 Å². The second-order valence-electron chi connectivity index (χ2n) is 4.65. The van der Waals surface area contributed by atoms with Crippen molar-refractivity contribution >= 4 is 12.0 Å². The summed E-state index contributed by atoms with van der Waals surface area (Å²) in [7, 11) is 0. The molecule has 0 amide bonds. The predicted molar refractivity (Wildman–Crippen MR) is 60.5 cm³/mol. The summed E-state index contributed by atoms with van der Waals surface area (Å²) >= 11 is 0. The number of hydrogen-bond acceptors (Lipinski definition) is 2. The Labute approximate surface area is 89.9 Å². The molecule has 1 aliphatic heterocycles. The van der Waals surface area contributed by atoms with Crippen molar-refractivity contribution < 1.29 is 4.79 Å². The molecule has 1 aromatic carbocycles. The lowest BCUT2D eigenvalue weighted by Gasteiger charge is -2.19. The minimum Gasteiger partial charge on any atom is -0.371 e. The summed E-state index contributed by atoms with van der Waals surface area (Å²) < 4.78 is 0. The van der Waals surface area contributed by atoms with Crippen LogP contribution in [-0.4, -0.2) is 19.4 Å². The van der Waals surface area contributed by atoms with E-state index in [-0.39, 0.29) is 0 Å². The van der Waals surface area contributed by atoms with Gasteiger partial charge >= 0.3 is 0 Å². The number of nitrogens with zero attached hydrogens (tertiary/aromatic N) is 1. The van der Waals surface area contributed by atoms with Crippen LogP contribution in [0, 0.1) is 5.92 Å². The number of hydrogen-bond donors (Lipinski definition) is 0. The van der Waals surface area contributed by atoms with Crippen LogP contribution >= 0.6 is 0 Å². The third kappa shape index (κ3) is 1.65. The topological polar surface area (TPSA) is 20.3 Å². The van der Waals surface area contributed by atoms with Crippen molar-refractivity contribution in [3.8, 4) is 0 Å². The molecular weight excluding hydrogens is 186 g/mol. The van der Waals surface area contributed by atoms with Crippen molar-refractivity contribution in [3.05, 3.63) is 29.3 Å². The number of fused-ring (bicyclic) bond motifs is 1. The maximum atomic E-state index is 10.7. The Bertz CT molecular complexity index is 396. The van der Waals surface area contributed by atoms with E-state index in [4.69, 9.17) is 0 Å². The molecule has 3 rings (SSSR count). The number of carbonyl (C=O) groups excluding carboxylic acids is 1. The molecule has 1 saturated carbocycles. The van der Waals surface area contributed by atoms with E-state index in [1.807, 2.05) is 12.1 Å². The van der Waals surface area contributed by atoms with Gasteiger partial charge in [-0.3, -0.25) is 4.79 Å². The van der Waals surface area contributed by atoms with E-state index in [9.17, 15) is 4.79 Å². The van der Waals surface area contributed by atoms with Crippen LogP contribution in [0.25, 0.3) is 0 Å². The first-order valence-electron chi connectivity index (χ1n) is 5.70. The number of aldehydes is 1. The highest BCUT2D eigenvalue weighted by molar-refractivity contribution is 5.78. The molecule has 1 aliphatic carbocycles. The highest BCUT2D eigenvalue weighted by Gasteiger charge is 2.27. The van der Waals surface area contributed by atoms with Crippen LogP contribution < -0.4 is 4.90 Å². The zero-order valence-electron chi connectivity index (χ0n) is 8.78. The molecule has 1 heterocycles. The van der Waals surface area contributed by atoms with Crippen LogP contribution in [0.1, 0.15) is 28.8 Å². The van der Waals surface area contributed by atoms with E-state index in [2.05, 4.69) is 11.0 Å². The number of rotatable bonds is 3. The van der Waals surface area contributed by atoms with Crippen LogP contribution in [0.5, 0.6) is 0 Å². The monoisotopic (exact) mass is 201 g/mol. The lowest BCUT2D eigenvalue weighted by Crippen LogP contribution is -2.22. The van der Waals surface area contributed by atoms with Crippen molar-refractivity contribution in [2.45, 2.75) is 19.3 Å². The SMILES string of the molecule is O=Cc1ccc2c(c1)N(CC1CC1)CC2. The van der Waals surface area contributed by atoms with E-state index in [1.54, 1.807) is 0 Å². The molecule has 0 aromatic heterocycles. The van der Waals surface area contributed by atoms with E-state index < -0.39 is 0 Å². The summed E-state index contributed by atoms with van der Waals surface area (Å²) in [6, 6.07) is 6.07. The molecule has 2 heteroatoms. The van der Waals surface area contributed by atoms with Gasteiger partial charge in [-0.1, -0.05) is 12.1 Å². The summed E-state index contributed by atoms with van der Waals surface area (Å²) in [6.07, 6.45) is 4.85. The van der Waals surface area contributed by atoms with Crippen molar-refractivity contribution in [3.63, 3.8) is 0 Å². The van der Waals surface area contributed by atoms with Crippen LogP contribution in [0.2, 0.25) is 0 Å². The molecule has 0 atom stereocenters. The second-order valence-corrected chi connectivity index (χ2v) is 4.65. The second kappa shape index (κ2) is 3.37. The van der Waals surface area contributed by atoms with Gasteiger partial charge in [-0.15, -0.1) is 0 Å². The van der Waals surface area contributed by atoms with Crippen LogP contribution in [0.3, 0.4) is 0 Å². The fourth-order valence-electron chi connectivity index (χ4n) is 2.34. The molecule has 15 heavy (non-hydrogen) atoms. The van der Waals surface area contributed by atoms with Gasteiger partial charge < -0.3 is 4.90 Å². The Kier molecular flexibility index (Phi) is 2.01. The van der Waals surface area contributed by atoms with Gasteiger partial charge in [0, 0.05) is 24.3 Å². The largest absolute Gasteiger partial charge is 0.371 e. The summed E-state index contributed by atoms with van der Waals surface area (Å²) in [4.78, 5) is 13.2. The van der Waals surface area contributed by atoms with Crippen LogP contribution in [0.4, 0.5) is 5.69 Å². The van der Waals surface area contributed by atoms with Crippen molar-refractivity contribution in [1.82, 2.24) is 0 Å². The first-order valence-corrected chi connectivity index (χ1v) is 5.70. The molecule has 0 unspecified atom stereocenters. The minimum atomic E-state index is 0.802. The Morgan fingerprint density at radius 2 is 2.27 bits per heavy atom. The molecule has 1 fully saturated rings. The number of anilines is 1. The van der Waals surface area contributed by atoms with E-state index in [1.165, 1.54) is 30.6 Å². The fourth-order valence-corrected chi connectivity index (χ4v) is 2.34. The Balaban J connectivity index is 1.88. The van der Waals surface area contributed by atoms with Crippen molar-refractivity contribution in [1.29, 1.82) is 0 Å². The lowest BCUT2D eigenvalue weighted by molar-refractivity contribution is 0.112. The van der Waals surface area contributed by atoms with Crippen LogP contribution in [0.15, 0.2) is 18.2 Å². The summed E-state index contributed by atoms with van der Waals surface area (Å²) in [5, 5.41) is 0. The third-order valence-corrected chi connectivity index (χ3v) is 3.41. The Hall–Kier alpha value is -1.31. The third-order valence-electron chi connectivity index (χ3n) is 3.41. The zero-order valence-corrected chi connectivity index (χ0v) is 8.78. The average Bonchev–Trinajstić information content (AvgIpc) is 3.00. The smallest absolute Gasteiger partial charge is 0.150 e. The average molecular weight is 201 g/mol. The van der Waals surface area contributed by atoms with Crippen molar-refractivity contribution in [2.24, 2.45) is 5.92 Å². The van der Waals surface area contributed by atoms with Gasteiger partial charge in [0.15, 0.2) is 0 Å². The standard InChI is InChI=1S/C13H15NO/c15-9-11-3-4-12-5-6-14(13(12)7-11)8-10-1-2-10/h3-4,7,9-10H,1-2,5-6,8H2. The molecule has 0 saturated heterocycles. The van der Waals surface area contributed by atoms with Gasteiger partial charge in [0.25, 0.3) is 0 Å².